The highest BCUT2D eigenvalue weighted by atomic mass is 32.1. The molecule has 0 atom stereocenters. The van der Waals surface area contributed by atoms with Crippen molar-refractivity contribution in [2.24, 2.45) is 0 Å². The number of hydrogen-bond acceptors (Lipinski definition) is 6. The van der Waals surface area contributed by atoms with Crippen LogP contribution in [0.4, 0.5) is 0 Å². The van der Waals surface area contributed by atoms with Crippen LogP contribution < -0.4 is 5.43 Å². The van der Waals surface area contributed by atoms with Gasteiger partial charge in [-0.3, -0.25) is 10.2 Å². The number of carbonyl (C=O) groups is 1. The third-order valence-electron chi connectivity index (χ3n) is 4.47. The van der Waals surface area contributed by atoms with E-state index in [9.17, 15) is 4.79 Å². The lowest BCUT2D eigenvalue weighted by atomic mass is 10.0. The SMILES string of the molecule is Cc1csc(-c2ncc(C(=O)Nn3cc(C(C)C)c4cccnc43)c(C)n2)n1. The van der Waals surface area contributed by atoms with E-state index in [-0.39, 0.29) is 5.91 Å². The van der Waals surface area contributed by atoms with Crippen LogP contribution in [0.15, 0.2) is 36.1 Å². The minimum absolute atomic E-state index is 0.280. The Kier molecular flexibility index (Phi) is 4.64. The van der Waals surface area contributed by atoms with Gasteiger partial charge in [0.2, 0.25) is 0 Å². The number of rotatable bonds is 4. The van der Waals surface area contributed by atoms with E-state index in [1.807, 2.05) is 30.6 Å². The van der Waals surface area contributed by atoms with Gasteiger partial charge in [-0.1, -0.05) is 13.8 Å². The Hall–Kier alpha value is -3.13. The predicted octanol–water partition coefficient (Wildman–Crippen LogP) is 4.07. The van der Waals surface area contributed by atoms with Gasteiger partial charge >= 0.3 is 0 Å². The zero-order chi connectivity index (χ0) is 19.8. The first-order chi connectivity index (χ1) is 13.4. The van der Waals surface area contributed by atoms with Crippen molar-refractivity contribution in [3.8, 4) is 10.8 Å². The molecule has 28 heavy (non-hydrogen) atoms. The van der Waals surface area contributed by atoms with Crippen LogP contribution in [0.1, 0.15) is 47.1 Å². The number of hydrogen-bond donors (Lipinski definition) is 1. The van der Waals surface area contributed by atoms with Crippen molar-refractivity contribution in [3.63, 3.8) is 0 Å². The molecule has 0 saturated heterocycles. The molecule has 0 unspecified atom stereocenters. The lowest BCUT2D eigenvalue weighted by Gasteiger charge is -2.09. The molecule has 8 heteroatoms. The van der Waals surface area contributed by atoms with E-state index in [2.05, 4.69) is 39.2 Å². The summed E-state index contributed by atoms with van der Waals surface area (Å²) in [5, 5.41) is 3.72. The van der Waals surface area contributed by atoms with Crippen LogP contribution in [0.25, 0.3) is 21.9 Å². The number of fused-ring (bicyclic) bond motifs is 1. The summed E-state index contributed by atoms with van der Waals surface area (Å²) in [5.74, 6) is 0.565. The van der Waals surface area contributed by atoms with Crippen molar-refractivity contribution in [1.29, 1.82) is 0 Å². The summed E-state index contributed by atoms with van der Waals surface area (Å²) in [4.78, 5) is 30.5. The van der Waals surface area contributed by atoms with Crippen LogP contribution in [0.5, 0.6) is 0 Å². The monoisotopic (exact) mass is 392 g/mol. The summed E-state index contributed by atoms with van der Waals surface area (Å²) < 4.78 is 1.67. The number of pyridine rings is 1. The number of nitrogens with one attached hydrogen (secondary N) is 1. The molecule has 4 heterocycles. The van der Waals surface area contributed by atoms with Crippen molar-refractivity contribution < 1.29 is 4.79 Å². The zero-order valence-corrected chi connectivity index (χ0v) is 16.9. The van der Waals surface area contributed by atoms with Crippen LogP contribution in [0, 0.1) is 13.8 Å². The Morgan fingerprint density at radius 1 is 1.21 bits per heavy atom. The minimum Gasteiger partial charge on any atom is -0.267 e. The van der Waals surface area contributed by atoms with E-state index in [0.717, 1.165) is 21.7 Å². The highest BCUT2D eigenvalue weighted by Gasteiger charge is 2.17. The van der Waals surface area contributed by atoms with Gasteiger partial charge < -0.3 is 0 Å². The molecule has 0 saturated carbocycles. The smallest absolute Gasteiger partial charge is 0.267 e. The van der Waals surface area contributed by atoms with E-state index < -0.39 is 0 Å². The molecule has 0 aliphatic heterocycles. The fraction of sp³-hybridized carbons (Fsp3) is 0.250. The number of nitrogens with zero attached hydrogens (tertiary/aromatic N) is 5. The summed E-state index contributed by atoms with van der Waals surface area (Å²) in [6, 6.07) is 3.91. The molecule has 1 amide bonds. The summed E-state index contributed by atoms with van der Waals surface area (Å²) >= 11 is 1.49. The summed E-state index contributed by atoms with van der Waals surface area (Å²) in [7, 11) is 0. The Bertz CT molecular complexity index is 1180. The highest BCUT2D eigenvalue weighted by molar-refractivity contribution is 7.13. The molecule has 0 aliphatic carbocycles. The van der Waals surface area contributed by atoms with Crippen molar-refractivity contribution in [2.75, 3.05) is 5.43 Å². The van der Waals surface area contributed by atoms with Crippen molar-refractivity contribution in [2.45, 2.75) is 33.6 Å². The van der Waals surface area contributed by atoms with Gasteiger partial charge in [-0.05, 0) is 37.5 Å². The van der Waals surface area contributed by atoms with Gasteiger partial charge in [0, 0.05) is 35.1 Å². The third kappa shape index (κ3) is 3.27. The maximum Gasteiger partial charge on any atom is 0.273 e. The average Bonchev–Trinajstić information content (AvgIpc) is 3.26. The van der Waals surface area contributed by atoms with Gasteiger partial charge in [-0.25, -0.2) is 24.6 Å². The van der Waals surface area contributed by atoms with Gasteiger partial charge in [0.15, 0.2) is 16.5 Å². The lowest BCUT2D eigenvalue weighted by Crippen LogP contribution is -2.23. The number of carbonyl (C=O) groups excluding carboxylic acids is 1. The van der Waals surface area contributed by atoms with Crippen molar-refractivity contribution >= 4 is 28.3 Å². The molecular weight excluding hydrogens is 372 g/mol. The topological polar surface area (TPSA) is 85.6 Å². The molecule has 1 N–H and O–H groups in total. The molecule has 0 radical (unpaired) electrons. The molecule has 4 aromatic rings. The van der Waals surface area contributed by atoms with E-state index in [4.69, 9.17) is 0 Å². The molecule has 0 spiro atoms. The molecule has 0 aliphatic rings. The van der Waals surface area contributed by atoms with E-state index in [1.165, 1.54) is 11.3 Å². The number of aromatic nitrogens is 5. The van der Waals surface area contributed by atoms with Gasteiger partial charge in [-0.2, -0.15) is 0 Å². The van der Waals surface area contributed by atoms with Crippen LogP contribution in [0.2, 0.25) is 0 Å². The second kappa shape index (κ2) is 7.12. The number of aryl methyl sites for hydroxylation is 2. The van der Waals surface area contributed by atoms with Crippen molar-refractivity contribution in [1.82, 2.24) is 24.6 Å². The lowest BCUT2D eigenvalue weighted by molar-refractivity contribution is 0.101. The molecule has 0 bridgehead atoms. The fourth-order valence-corrected chi connectivity index (χ4v) is 3.78. The second-order valence-electron chi connectivity index (χ2n) is 6.91. The number of amides is 1. The van der Waals surface area contributed by atoms with Gasteiger partial charge in [0.05, 0.1) is 11.3 Å². The normalized spacial score (nSPS) is 11.3. The Labute approximate surface area is 166 Å². The average molecular weight is 392 g/mol. The maximum atomic E-state index is 12.9. The van der Waals surface area contributed by atoms with Crippen LogP contribution in [-0.2, 0) is 0 Å². The van der Waals surface area contributed by atoms with E-state index in [1.54, 1.807) is 24.0 Å². The standard InChI is InChI=1S/C20H20N6OS/c1-11(2)16-9-26(18-14(16)6-5-7-21-18)25-19(27)15-8-22-17(24-13(15)4)20-23-12(3)10-28-20/h5-11H,1-4H3,(H,25,27). The fourth-order valence-electron chi connectivity index (χ4n) is 3.05. The minimum atomic E-state index is -0.280. The summed E-state index contributed by atoms with van der Waals surface area (Å²) in [6.45, 7) is 7.96. The van der Waals surface area contributed by atoms with Gasteiger partial charge in [0.25, 0.3) is 5.91 Å². The van der Waals surface area contributed by atoms with E-state index >= 15 is 0 Å². The molecule has 4 rings (SSSR count). The second-order valence-corrected chi connectivity index (χ2v) is 7.77. The van der Waals surface area contributed by atoms with Crippen LogP contribution >= 0.6 is 11.3 Å². The van der Waals surface area contributed by atoms with Crippen LogP contribution in [0.3, 0.4) is 0 Å². The van der Waals surface area contributed by atoms with Crippen molar-refractivity contribution in [3.05, 3.63) is 58.6 Å². The first-order valence-corrected chi connectivity index (χ1v) is 9.85. The van der Waals surface area contributed by atoms with Gasteiger partial charge in [-0.15, -0.1) is 11.3 Å². The Balaban J connectivity index is 1.65. The molecular formula is C20H20N6OS. The Morgan fingerprint density at radius 3 is 2.71 bits per heavy atom. The molecule has 4 aromatic heterocycles. The summed E-state index contributed by atoms with van der Waals surface area (Å²) in [6.07, 6.45) is 5.18. The maximum absolute atomic E-state index is 12.9. The zero-order valence-electron chi connectivity index (χ0n) is 16.1. The first kappa shape index (κ1) is 18.2. The van der Waals surface area contributed by atoms with E-state index in [0.29, 0.717) is 28.6 Å². The third-order valence-corrected chi connectivity index (χ3v) is 5.43. The Morgan fingerprint density at radius 2 is 2.04 bits per heavy atom. The number of thiazole rings is 1. The molecule has 0 fully saturated rings. The highest BCUT2D eigenvalue weighted by Crippen LogP contribution is 2.26. The molecule has 0 aromatic carbocycles. The largest absolute Gasteiger partial charge is 0.273 e. The molecule has 7 nitrogen and oxygen atoms in total. The molecule has 142 valence electrons. The quantitative estimate of drug-likeness (QED) is 0.566. The van der Waals surface area contributed by atoms with Crippen LogP contribution in [-0.4, -0.2) is 30.5 Å². The summed E-state index contributed by atoms with van der Waals surface area (Å²) in [5.41, 5.74) is 6.69. The predicted molar refractivity (Wildman–Crippen MR) is 110 cm³/mol. The first-order valence-electron chi connectivity index (χ1n) is 8.97. The van der Waals surface area contributed by atoms with Gasteiger partial charge in [0.1, 0.15) is 0 Å².